The minimum atomic E-state index is 0.107. The SMILES string of the molecule is Cc1nc2c(C#N)cnn2c(C)c1CCC(=O)N[C@@H]1CCCC[C@@H]1C. The zero-order chi connectivity index (χ0) is 18.0. The van der Waals surface area contributed by atoms with Gasteiger partial charge in [-0.1, -0.05) is 19.8 Å². The second kappa shape index (κ2) is 7.22. The molecule has 3 rings (SSSR count). The summed E-state index contributed by atoms with van der Waals surface area (Å²) in [7, 11) is 0. The van der Waals surface area contributed by atoms with Crippen LogP contribution < -0.4 is 5.32 Å². The highest BCUT2D eigenvalue weighted by Gasteiger charge is 2.23. The number of amides is 1. The Kier molecular flexibility index (Phi) is 5.03. The van der Waals surface area contributed by atoms with E-state index in [1.807, 2.05) is 13.8 Å². The van der Waals surface area contributed by atoms with Crippen molar-refractivity contribution in [3.05, 3.63) is 28.7 Å². The smallest absolute Gasteiger partial charge is 0.220 e. The number of fused-ring (bicyclic) bond motifs is 1. The Balaban J connectivity index is 1.70. The molecule has 1 aliphatic rings. The number of hydrogen-bond donors (Lipinski definition) is 1. The van der Waals surface area contributed by atoms with Crippen LogP contribution in [-0.2, 0) is 11.2 Å². The molecule has 1 fully saturated rings. The predicted molar refractivity (Wildman–Crippen MR) is 95.1 cm³/mol. The Morgan fingerprint density at radius 1 is 1.40 bits per heavy atom. The fraction of sp³-hybridized carbons (Fsp3) is 0.579. The number of carbonyl (C=O) groups excluding carboxylic acids is 1. The highest BCUT2D eigenvalue weighted by Crippen LogP contribution is 2.24. The van der Waals surface area contributed by atoms with Gasteiger partial charge < -0.3 is 5.32 Å². The van der Waals surface area contributed by atoms with Crippen LogP contribution in [0.5, 0.6) is 0 Å². The van der Waals surface area contributed by atoms with Crippen molar-refractivity contribution in [3.63, 3.8) is 0 Å². The first-order chi connectivity index (χ1) is 12.0. The highest BCUT2D eigenvalue weighted by atomic mass is 16.1. The Bertz CT molecular complexity index is 832. The lowest BCUT2D eigenvalue weighted by molar-refractivity contribution is -0.122. The summed E-state index contributed by atoms with van der Waals surface area (Å²) in [5.41, 5.74) is 3.90. The monoisotopic (exact) mass is 339 g/mol. The first-order valence-corrected chi connectivity index (χ1v) is 9.04. The number of hydrogen-bond acceptors (Lipinski definition) is 4. The number of nitrogens with one attached hydrogen (secondary N) is 1. The molecule has 0 unspecified atom stereocenters. The summed E-state index contributed by atoms with van der Waals surface area (Å²) in [6, 6.07) is 2.43. The van der Waals surface area contributed by atoms with Gasteiger partial charge in [-0.05, 0) is 44.6 Å². The third kappa shape index (κ3) is 3.51. The summed E-state index contributed by atoms with van der Waals surface area (Å²) in [6.45, 7) is 6.12. The van der Waals surface area contributed by atoms with E-state index in [2.05, 4.69) is 28.4 Å². The Morgan fingerprint density at radius 2 is 2.16 bits per heavy atom. The lowest BCUT2D eigenvalue weighted by Crippen LogP contribution is -2.41. The number of rotatable bonds is 4. The molecule has 0 spiro atoms. The van der Waals surface area contributed by atoms with Gasteiger partial charge in [-0.2, -0.15) is 10.4 Å². The first kappa shape index (κ1) is 17.4. The third-order valence-corrected chi connectivity index (χ3v) is 5.39. The summed E-state index contributed by atoms with van der Waals surface area (Å²) in [5, 5.41) is 16.6. The number of nitriles is 1. The van der Waals surface area contributed by atoms with Crippen molar-refractivity contribution in [1.29, 1.82) is 5.26 Å². The van der Waals surface area contributed by atoms with E-state index in [0.717, 1.165) is 23.4 Å². The summed E-state index contributed by atoms with van der Waals surface area (Å²) < 4.78 is 1.70. The van der Waals surface area contributed by atoms with Gasteiger partial charge in [-0.15, -0.1) is 0 Å². The van der Waals surface area contributed by atoms with E-state index in [1.54, 1.807) is 4.52 Å². The zero-order valence-corrected chi connectivity index (χ0v) is 15.2. The number of nitrogens with zero attached hydrogens (tertiary/aromatic N) is 4. The topological polar surface area (TPSA) is 83.1 Å². The molecule has 1 N–H and O–H groups in total. The third-order valence-electron chi connectivity index (χ3n) is 5.39. The van der Waals surface area contributed by atoms with Crippen molar-refractivity contribution in [2.24, 2.45) is 5.92 Å². The number of carbonyl (C=O) groups is 1. The van der Waals surface area contributed by atoms with Gasteiger partial charge in [0.25, 0.3) is 0 Å². The summed E-state index contributed by atoms with van der Waals surface area (Å²) >= 11 is 0. The normalized spacial score (nSPS) is 20.4. The van der Waals surface area contributed by atoms with Crippen LogP contribution in [0.25, 0.3) is 5.65 Å². The number of aryl methyl sites for hydroxylation is 2. The second-order valence-corrected chi connectivity index (χ2v) is 7.10. The van der Waals surface area contributed by atoms with Crippen LogP contribution in [0, 0.1) is 31.1 Å². The lowest BCUT2D eigenvalue weighted by Gasteiger charge is -2.29. The maximum Gasteiger partial charge on any atom is 0.220 e. The molecule has 1 aliphatic carbocycles. The van der Waals surface area contributed by atoms with Gasteiger partial charge in [0.05, 0.1) is 6.20 Å². The molecule has 0 radical (unpaired) electrons. The molecular weight excluding hydrogens is 314 g/mol. The molecule has 2 atom stereocenters. The molecule has 1 amide bonds. The molecule has 2 heterocycles. The fourth-order valence-electron chi connectivity index (χ4n) is 3.80. The van der Waals surface area contributed by atoms with Gasteiger partial charge in [0, 0.05) is 23.9 Å². The van der Waals surface area contributed by atoms with Crippen LogP contribution >= 0.6 is 0 Å². The molecular formula is C19H25N5O. The molecule has 6 heteroatoms. The van der Waals surface area contributed by atoms with Crippen LogP contribution in [0.3, 0.4) is 0 Å². The van der Waals surface area contributed by atoms with Crippen molar-refractivity contribution in [1.82, 2.24) is 19.9 Å². The van der Waals surface area contributed by atoms with E-state index in [0.29, 0.717) is 36.0 Å². The minimum absolute atomic E-state index is 0.107. The number of aromatic nitrogens is 3. The van der Waals surface area contributed by atoms with E-state index in [-0.39, 0.29) is 5.91 Å². The Morgan fingerprint density at radius 3 is 2.88 bits per heavy atom. The zero-order valence-electron chi connectivity index (χ0n) is 15.2. The molecule has 1 saturated carbocycles. The second-order valence-electron chi connectivity index (χ2n) is 7.10. The summed E-state index contributed by atoms with van der Waals surface area (Å²) in [6.07, 6.45) is 7.38. The molecule has 2 aromatic rings. The molecule has 0 aromatic carbocycles. The summed E-state index contributed by atoms with van der Waals surface area (Å²) in [5.74, 6) is 0.670. The van der Waals surface area contributed by atoms with Crippen molar-refractivity contribution < 1.29 is 4.79 Å². The van der Waals surface area contributed by atoms with Gasteiger partial charge in [0.15, 0.2) is 5.65 Å². The van der Waals surface area contributed by atoms with Crippen molar-refractivity contribution >= 4 is 11.6 Å². The van der Waals surface area contributed by atoms with E-state index in [1.165, 1.54) is 25.5 Å². The first-order valence-electron chi connectivity index (χ1n) is 9.04. The highest BCUT2D eigenvalue weighted by molar-refractivity contribution is 5.76. The van der Waals surface area contributed by atoms with Gasteiger partial charge in [0.2, 0.25) is 5.91 Å². The maximum atomic E-state index is 12.4. The standard InChI is InChI=1S/C19H25N5O/c1-12-6-4-5-7-17(12)23-18(25)9-8-16-13(2)22-19-15(10-20)11-21-24(19)14(16)3/h11-12,17H,4-9H2,1-3H3,(H,23,25)/t12-,17+/m0/s1. The molecule has 0 bridgehead atoms. The Labute approximate surface area is 148 Å². The van der Waals surface area contributed by atoms with Gasteiger partial charge in [-0.3, -0.25) is 4.79 Å². The van der Waals surface area contributed by atoms with E-state index < -0.39 is 0 Å². The van der Waals surface area contributed by atoms with Crippen molar-refractivity contribution in [3.8, 4) is 6.07 Å². The molecule has 132 valence electrons. The quantitative estimate of drug-likeness (QED) is 0.928. The molecule has 6 nitrogen and oxygen atoms in total. The van der Waals surface area contributed by atoms with Gasteiger partial charge >= 0.3 is 0 Å². The molecule has 0 aliphatic heterocycles. The lowest BCUT2D eigenvalue weighted by atomic mass is 9.86. The van der Waals surface area contributed by atoms with Gasteiger partial charge in [-0.25, -0.2) is 9.50 Å². The maximum absolute atomic E-state index is 12.4. The molecule has 25 heavy (non-hydrogen) atoms. The van der Waals surface area contributed by atoms with E-state index >= 15 is 0 Å². The van der Waals surface area contributed by atoms with Crippen LogP contribution in [0.4, 0.5) is 0 Å². The van der Waals surface area contributed by atoms with Crippen molar-refractivity contribution in [2.45, 2.75) is 65.3 Å². The van der Waals surface area contributed by atoms with Crippen molar-refractivity contribution in [2.75, 3.05) is 0 Å². The average molecular weight is 339 g/mol. The largest absolute Gasteiger partial charge is 0.353 e. The van der Waals surface area contributed by atoms with Gasteiger partial charge in [0.1, 0.15) is 11.6 Å². The van der Waals surface area contributed by atoms with Crippen LogP contribution in [0.1, 0.15) is 61.5 Å². The van der Waals surface area contributed by atoms with E-state index in [9.17, 15) is 4.79 Å². The van der Waals surface area contributed by atoms with E-state index in [4.69, 9.17) is 5.26 Å². The van der Waals surface area contributed by atoms with Crippen LogP contribution in [-0.4, -0.2) is 26.5 Å². The molecule has 0 saturated heterocycles. The van der Waals surface area contributed by atoms with Crippen LogP contribution in [0.2, 0.25) is 0 Å². The van der Waals surface area contributed by atoms with Crippen LogP contribution in [0.15, 0.2) is 6.20 Å². The molecule has 2 aromatic heterocycles. The predicted octanol–water partition coefficient (Wildman–Crippen LogP) is 2.85. The Hall–Kier alpha value is -2.42. The minimum Gasteiger partial charge on any atom is -0.353 e. The average Bonchev–Trinajstić information content (AvgIpc) is 2.99. The summed E-state index contributed by atoms with van der Waals surface area (Å²) in [4.78, 5) is 16.9. The fourth-order valence-corrected chi connectivity index (χ4v) is 3.80.